The number of benzene rings is 1. The molecule has 0 N–H and O–H groups in total. The van der Waals surface area contributed by atoms with Crippen molar-refractivity contribution in [3.63, 3.8) is 0 Å². The highest BCUT2D eigenvalue weighted by Crippen LogP contribution is 2.30. The second-order valence-corrected chi connectivity index (χ2v) is 5.69. The summed E-state index contributed by atoms with van der Waals surface area (Å²) in [5.74, 6) is -0.482. The first-order valence-corrected chi connectivity index (χ1v) is 7.37. The second-order valence-electron chi connectivity index (χ2n) is 4.04. The van der Waals surface area contributed by atoms with Crippen LogP contribution in [0, 0.1) is 5.82 Å². The van der Waals surface area contributed by atoms with Gasteiger partial charge < -0.3 is 4.90 Å². The van der Waals surface area contributed by atoms with Crippen molar-refractivity contribution in [3.8, 4) is 0 Å². The number of halogens is 3. The van der Waals surface area contributed by atoms with E-state index in [2.05, 4.69) is 31.9 Å². The number of amides is 1. The maximum Gasteiger partial charge on any atom is 0.255 e. The first kappa shape index (κ1) is 13.0. The molecule has 17 heavy (non-hydrogen) atoms. The Kier molecular flexibility index (Phi) is 4.20. The molecule has 2 nitrogen and oxygen atoms in total. The summed E-state index contributed by atoms with van der Waals surface area (Å²) in [6, 6.07) is 4.53. The summed E-state index contributed by atoms with van der Waals surface area (Å²) in [5, 5.41) is 0.738. The van der Waals surface area contributed by atoms with Gasteiger partial charge in [0.25, 0.3) is 5.91 Å². The van der Waals surface area contributed by atoms with Crippen LogP contribution in [0.15, 0.2) is 22.7 Å². The Balaban J connectivity index is 2.24. The average molecular weight is 365 g/mol. The molecule has 1 aromatic rings. The van der Waals surface area contributed by atoms with Crippen LogP contribution >= 0.6 is 31.9 Å². The zero-order chi connectivity index (χ0) is 12.4. The van der Waals surface area contributed by atoms with Crippen LogP contribution in [0.2, 0.25) is 0 Å². The van der Waals surface area contributed by atoms with Crippen molar-refractivity contribution >= 4 is 37.8 Å². The largest absolute Gasteiger partial charge is 0.335 e. The number of rotatable bonds is 4. The first-order chi connectivity index (χ1) is 8.13. The predicted molar refractivity (Wildman–Crippen MR) is 72.0 cm³/mol. The van der Waals surface area contributed by atoms with Gasteiger partial charge in [-0.1, -0.05) is 15.9 Å². The Labute approximate surface area is 116 Å². The van der Waals surface area contributed by atoms with E-state index in [0.29, 0.717) is 22.6 Å². The molecule has 1 aliphatic carbocycles. The minimum absolute atomic E-state index is 0.0988. The van der Waals surface area contributed by atoms with Crippen LogP contribution in [0.25, 0.3) is 0 Å². The maximum atomic E-state index is 13.2. The summed E-state index contributed by atoms with van der Waals surface area (Å²) in [7, 11) is 0. The van der Waals surface area contributed by atoms with Gasteiger partial charge in [0.15, 0.2) is 0 Å². The van der Waals surface area contributed by atoms with Crippen molar-refractivity contribution in [2.75, 3.05) is 11.9 Å². The van der Waals surface area contributed by atoms with Crippen LogP contribution in [-0.4, -0.2) is 28.7 Å². The van der Waals surface area contributed by atoms with Gasteiger partial charge in [0.2, 0.25) is 0 Å². The summed E-state index contributed by atoms with van der Waals surface area (Å²) >= 11 is 6.63. The van der Waals surface area contributed by atoms with E-state index in [-0.39, 0.29) is 11.7 Å². The van der Waals surface area contributed by atoms with E-state index in [9.17, 15) is 9.18 Å². The lowest BCUT2D eigenvalue weighted by atomic mass is 10.2. The molecular formula is C12H12Br2FNO. The third-order valence-electron chi connectivity index (χ3n) is 2.73. The van der Waals surface area contributed by atoms with Crippen LogP contribution in [-0.2, 0) is 0 Å². The molecule has 1 aromatic carbocycles. The molecule has 0 atom stereocenters. The maximum absolute atomic E-state index is 13.2. The standard InChI is InChI=1S/C12H12Br2FNO/c13-5-6-16(9-2-3-9)12(17)10-7-8(15)1-4-11(10)14/h1,4,7,9H,2-3,5-6H2. The SMILES string of the molecule is O=C(c1cc(F)ccc1Br)N(CCBr)C1CC1. The van der Waals surface area contributed by atoms with E-state index < -0.39 is 0 Å². The van der Waals surface area contributed by atoms with Crippen LogP contribution in [0.1, 0.15) is 23.2 Å². The molecular weight excluding hydrogens is 353 g/mol. The molecule has 92 valence electrons. The van der Waals surface area contributed by atoms with E-state index in [1.807, 2.05) is 4.90 Å². The Morgan fingerprint density at radius 3 is 2.76 bits per heavy atom. The van der Waals surface area contributed by atoms with Crippen molar-refractivity contribution in [3.05, 3.63) is 34.1 Å². The molecule has 1 fully saturated rings. The average Bonchev–Trinajstić information content (AvgIpc) is 3.12. The number of carbonyl (C=O) groups is 1. The lowest BCUT2D eigenvalue weighted by Crippen LogP contribution is -2.34. The minimum Gasteiger partial charge on any atom is -0.335 e. The highest BCUT2D eigenvalue weighted by Gasteiger charge is 2.33. The molecule has 1 aliphatic rings. The topological polar surface area (TPSA) is 20.3 Å². The lowest BCUT2D eigenvalue weighted by molar-refractivity contribution is 0.0753. The van der Waals surface area contributed by atoms with Gasteiger partial charge in [0.1, 0.15) is 5.82 Å². The summed E-state index contributed by atoms with van der Waals surface area (Å²) in [6.07, 6.45) is 2.09. The Morgan fingerprint density at radius 1 is 1.47 bits per heavy atom. The summed E-state index contributed by atoms with van der Waals surface area (Å²) in [4.78, 5) is 14.1. The fourth-order valence-electron chi connectivity index (χ4n) is 1.74. The van der Waals surface area contributed by atoms with E-state index in [4.69, 9.17) is 0 Å². The number of hydrogen-bond acceptors (Lipinski definition) is 1. The molecule has 0 radical (unpaired) electrons. The molecule has 5 heteroatoms. The fourth-order valence-corrected chi connectivity index (χ4v) is 2.54. The van der Waals surface area contributed by atoms with Crippen LogP contribution in [0.4, 0.5) is 4.39 Å². The zero-order valence-electron chi connectivity index (χ0n) is 9.13. The van der Waals surface area contributed by atoms with Crippen molar-refractivity contribution < 1.29 is 9.18 Å². The van der Waals surface area contributed by atoms with Gasteiger partial charge in [-0.25, -0.2) is 4.39 Å². The summed E-state index contributed by atoms with van der Waals surface area (Å²) in [6.45, 7) is 0.659. The van der Waals surface area contributed by atoms with Crippen LogP contribution < -0.4 is 0 Å². The molecule has 0 heterocycles. The Morgan fingerprint density at radius 2 is 2.18 bits per heavy atom. The first-order valence-electron chi connectivity index (χ1n) is 5.45. The van der Waals surface area contributed by atoms with Gasteiger partial charge in [-0.05, 0) is 47.0 Å². The van der Waals surface area contributed by atoms with Crippen molar-refractivity contribution in [1.82, 2.24) is 4.90 Å². The minimum atomic E-state index is -0.383. The quantitative estimate of drug-likeness (QED) is 0.747. The molecule has 1 amide bonds. The van der Waals surface area contributed by atoms with Crippen LogP contribution in [0.3, 0.4) is 0 Å². The smallest absolute Gasteiger partial charge is 0.255 e. The Bertz CT molecular complexity index is 435. The van der Waals surface area contributed by atoms with E-state index >= 15 is 0 Å². The second kappa shape index (κ2) is 5.48. The highest BCUT2D eigenvalue weighted by molar-refractivity contribution is 9.10. The molecule has 0 bridgehead atoms. The summed E-state index contributed by atoms with van der Waals surface area (Å²) < 4.78 is 13.8. The normalized spacial score (nSPS) is 14.8. The highest BCUT2D eigenvalue weighted by atomic mass is 79.9. The van der Waals surface area contributed by atoms with Gasteiger partial charge in [0, 0.05) is 22.4 Å². The Hall–Kier alpha value is -0.420. The van der Waals surface area contributed by atoms with Gasteiger partial charge >= 0.3 is 0 Å². The predicted octanol–water partition coefficient (Wildman–Crippen LogP) is 3.59. The molecule has 0 unspecified atom stereocenters. The fraction of sp³-hybridized carbons (Fsp3) is 0.417. The number of alkyl halides is 1. The summed E-state index contributed by atoms with van der Waals surface area (Å²) in [5.41, 5.74) is 0.401. The number of hydrogen-bond donors (Lipinski definition) is 0. The molecule has 0 aromatic heterocycles. The number of carbonyl (C=O) groups excluding carboxylic acids is 1. The van der Waals surface area contributed by atoms with Crippen molar-refractivity contribution in [2.24, 2.45) is 0 Å². The van der Waals surface area contributed by atoms with Gasteiger partial charge in [-0.2, -0.15) is 0 Å². The van der Waals surface area contributed by atoms with Crippen LogP contribution in [0.5, 0.6) is 0 Å². The van der Waals surface area contributed by atoms with Crippen molar-refractivity contribution in [1.29, 1.82) is 0 Å². The van der Waals surface area contributed by atoms with E-state index in [1.165, 1.54) is 12.1 Å². The molecule has 1 saturated carbocycles. The monoisotopic (exact) mass is 363 g/mol. The van der Waals surface area contributed by atoms with Gasteiger partial charge in [-0.15, -0.1) is 0 Å². The third-order valence-corrected chi connectivity index (χ3v) is 3.78. The van der Waals surface area contributed by atoms with Gasteiger partial charge in [-0.3, -0.25) is 4.79 Å². The van der Waals surface area contributed by atoms with E-state index in [1.54, 1.807) is 6.07 Å². The zero-order valence-corrected chi connectivity index (χ0v) is 12.3. The molecule has 0 aliphatic heterocycles. The van der Waals surface area contributed by atoms with E-state index in [0.717, 1.165) is 18.2 Å². The third kappa shape index (κ3) is 3.07. The van der Waals surface area contributed by atoms with Gasteiger partial charge in [0.05, 0.1) is 5.56 Å². The molecule has 2 rings (SSSR count). The molecule has 0 saturated heterocycles. The lowest BCUT2D eigenvalue weighted by Gasteiger charge is -2.22. The number of nitrogens with zero attached hydrogens (tertiary/aromatic N) is 1. The van der Waals surface area contributed by atoms with Crippen molar-refractivity contribution in [2.45, 2.75) is 18.9 Å². The molecule has 0 spiro atoms.